The highest BCUT2D eigenvalue weighted by Gasteiger charge is 2.08. The van der Waals surface area contributed by atoms with E-state index in [2.05, 4.69) is 6.58 Å². The molecule has 0 amide bonds. The van der Waals surface area contributed by atoms with Crippen molar-refractivity contribution in [3.63, 3.8) is 0 Å². The number of benzene rings is 1. The summed E-state index contributed by atoms with van der Waals surface area (Å²) in [4.78, 5) is 11.6. The summed E-state index contributed by atoms with van der Waals surface area (Å²) in [6.45, 7) is 5.58. The Morgan fingerprint density at radius 1 is 1.47 bits per heavy atom. The van der Waals surface area contributed by atoms with Crippen molar-refractivity contribution in [2.75, 3.05) is 0 Å². The van der Waals surface area contributed by atoms with E-state index >= 15 is 0 Å². The smallest absolute Gasteiger partial charge is 0.163 e. The lowest BCUT2D eigenvalue weighted by molar-refractivity contribution is 0.0983. The van der Waals surface area contributed by atoms with Gasteiger partial charge >= 0.3 is 0 Å². The first-order chi connectivity index (χ1) is 7.00. The molecule has 0 saturated heterocycles. The molecule has 0 aliphatic rings. The third kappa shape index (κ3) is 3.48. The minimum Gasteiger partial charge on any atom is -0.294 e. The Bertz CT molecular complexity index is 399. The Labute approximate surface area is 93.6 Å². The lowest BCUT2D eigenvalue weighted by Gasteiger charge is -2.02. The van der Waals surface area contributed by atoms with Crippen LogP contribution in [0.3, 0.4) is 0 Å². The summed E-state index contributed by atoms with van der Waals surface area (Å²) in [5.74, 6) is -0.548. The van der Waals surface area contributed by atoms with E-state index in [1.165, 1.54) is 18.2 Å². The maximum absolute atomic E-state index is 12.8. The van der Waals surface area contributed by atoms with Crippen LogP contribution in [-0.2, 0) is 0 Å². The maximum atomic E-state index is 12.8. The summed E-state index contributed by atoms with van der Waals surface area (Å²) in [7, 11) is 0. The van der Waals surface area contributed by atoms with Crippen LogP contribution in [0.2, 0.25) is 5.02 Å². The molecule has 0 heterocycles. The predicted molar refractivity (Wildman–Crippen MR) is 59.8 cm³/mol. The lowest BCUT2D eigenvalue weighted by Crippen LogP contribution is -1.99. The monoisotopic (exact) mass is 226 g/mol. The number of Topliss-reactive ketones (excluding diaryl/α,β-unsaturated/α-hetero) is 1. The summed E-state index contributed by atoms with van der Waals surface area (Å²) in [6.07, 6.45) is 1.03. The summed E-state index contributed by atoms with van der Waals surface area (Å²) in [5.41, 5.74) is 1.40. The summed E-state index contributed by atoms with van der Waals surface area (Å²) < 4.78 is 12.8. The lowest BCUT2D eigenvalue weighted by atomic mass is 10.0. The largest absolute Gasteiger partial charge is 0.294 e. The van der Waals surface area contributed by atoms with Gasteiger partial charge in [-0.3, -0.25) is 4.79 Å². The maximum Gasteiger partial charge on any atom is 0.163 e. The van der Waals surface area contributed by atoms with Crippen molar-refractivity contribution in [2.24, 2.45) is 0 Å². The first kappa shape index (κ1) is 11.9. The van der Waals surface area contributed by atoms with Crippen molar-refractivity contribution < 1.29 is 9.18 Å². The van der Waals surface area contributed by atoms with Gasteiger partial charge in [0.2, 0.25) is 0 Å². The number of hydrogen-bond acceptors (Lipinski definition) is 1. The molecule has 0 fully saturated rings. The van der Waals surface area contributed by atoms with Gasteiger partial charge < -0.3 is 0 Å². The van der Waals surface area contributed by atoms with E-state index in [-0.39, 0.29) is 10.8 Å². The minimum absolute atomic E-state index is 0.0174. The average molecular weight is 227 g/mol. The van der Waals surface area contributed by atoms with Crippen LogP contribution in [0.25, 0.3) is 0 Å². The normalized spacial score (nSPS) is 10.1. The van der Waals surface area contributed by atoms with Gasteiger partial charge in [-0.05, 0) is 31.5 Å². The molecule has 0 N–H and O–H groups in total. The first-order valence-corrected chi connectivity index (χ1v) is 5.01. The van der Waals surface area contributed by atoms with Gasteiger partial charge in [-0.25, -0.2) is 4.39 Å². The molecule has 1 nitrogen and oxygen atoms in total. The van der Waals surface area contributed by atoms with E-state index in [1.807, 2.05) is 6.92 Å². The quantitative estimate of drug-likeness (QED) is 0.560. The standard InChI is InChI=1S/C12H12ClFO/c1-8(2)3-6-12(15)9-4-5-11(14)10(13)7-9/h4-5,7H,1,3,6H2,2H3. The Hall–Kier alpha value is -1.15. The summed E-state index contributed by atoms with van der Waals surface area (Å²) in [5, 5.41) is -0.0174. The fourth-order valence-corrected chi connectivity index (χ4v) is 1.32. The second-order valence-corrected chi connectivity index (χ2v) is 3.92. The van der Waals surface area contributed by atoms with Gasteiger partial charge in [0, 0.05) is 12.0 Å². The highest BCUT2D eigenvalue weighted by molar-refractivity contribution is 6.31. The molecule has 1 aromatic rings. The molecule has 0 unspecified atom stereocenters. The zero-order chi connectivity index (χ0) is 11.4. The molecule has 80 valence electrons. The molecule has 0 bridgehead atoms. The van der Waals surface area contributed by atoms with E-state index < -0.39 is 5.82 Å². The van der Waals surface area contributed by atoms with Gasteiger partial charge in [-0.1, -0.05) is 17.2 Å². The number of halogens is 2. The van der Waals surface area contributed by atoms with Crippen LogP contribution < -0.4 is 0 Å². The fraction of sp³-hybridized carbons (Fsp3) is 0.250. The van der Waals surface area contributed by atoms with Crippen LogP contribution in [0.15, 0.2) is 30.4 Å². The first-order valence-electron chi connectivity index (χ1n) is 4.63. The van der Waals surface area contributed by atoms with Crippen LogP contribution in [0.5, 0.6) is 0 Å². The minimum atomic E-state index is -0.506. The van der Waals surface area contributed by atoms with Gasteiger partial charge in [0.05, 0.1) is 5.02 Å². The molecule has 3 heteroatoms. The Morgan fingerprint density at radius 3 is 2.67 bits per heavy atom. The van der Waals surface area contributed by atoms with Crippen molar-refractivity contribution in [1.29, 1.82) is 0 Å². The molecule has 0 aromatic heterocycles. The van der Waals surface area contributed by atoms with E-state index in [0.717, 1.165) is 5.57 Å². The second-order valence-electron chi connectivity index (χ2n) is 3.51. The van der Waals surface area contributed by atoms with Crippen molar-refractivity contribution in [1.82, 2.24) is 0 Å². The van der Waals surface area contributed by atoms with Crippen LogP contribution in [0.4, 0.5) is 4.39 Å². The van der Waals surface area contributed by atoms with Crippen molar-refractivity contribution >= 4 is 17.4 Å². The van der Waals surface area contributed by atoms with E-state index in [1.54, 1.807) is 0 Å². The fourth-order valence-electron chi connectivity index (χ4n) is 1.14. The Morgan fingerprint density at radius 2 is 2.13 bits per heavy atom. The molecule has 15 heavy (non-hydrogen) atoms. The molecular formula is C12H12ClFO. The third-order valence-corrected chi connectivity index (χ3v) is 2.31. The number of allylic oxidation sites excluding steroid dienone is 1. The van der Waals surface area contributed by atoms with E-state index in [4.69, 9.17) is 11.6 Å². The second kappa shape index (κ2) is 5.08. The van der Waals surface area contributed by atoms with Crippen molar-refractivity contribution in [3.05, 3.63) is 46.8 Å². The SMILES string of the molecule is C=C(C)CCC(=O)c1ccc(F)c(Cl)c1. The number of carbonyl (C=O) groups excluding carboxylic acids is 1. The van der Waals surface area contributed by atoms with Crippen LogP contribution in [0, 0.1) is 5.82 Å². The molecule has 0 spiro atoms. The summed E-state index contributed by atoms with van der Waals surface area (Å²) in [6, 6.07) is 4.01. The molecular weight excluding hydrogens is 215 g/mol. The molecule has 1 rings (SSSR count). The highest BCUT2D eigenvalue weighted by Crippen LogP contribution is 2.18. The number of ketones is 1. The number of hydrogen-bond donors (Lipinski definition) is 0. The van der Waals surface area contributed by atoms with E-state index in [0.29, 0.717) is 18.4 Å². The Balaban J connectivity index is 2.74. The zero-order valence-corrected chi connectivity index (χ0v) is 9.27. The van der Waals surface area contributed by atoms with Gasteiger partial charge in [0.25, 0.3) is 0 Å². The Kier molecular flexibility index (Phi) is 4.04. The van der Waals surface area contributed by atoms with Crippen LogP contribution in [0.1, 0.15) is 30.1 Å². The molecule has 0 saturated carbocycles. The van der Waals surface area contributed by atoms with Gasteiger partial charge in [0.15, 0.2) is 5.78 Å². The third-order valence-electron chi connectivity index (χ3n) is 2.02. The highest BCUT2D eigenvalue weighted by atomic mass is 35.5. The number of carbonyl (C=O) groups is 1. The van der Waals surface area contributed by atoms with Gasteiger partial charge in [-0.15, -0.1) is 6.58 Å². The molecule has 0 aliphatic carbocycles. The zero-order valence-electron chi connectivity index (χ0n) is 8.52. The van der Waals surface area contributed by atoms with Crippen LogP contribution >= 0.6 is 11.6 Å². The summed E-state index contributed by atoms with van der Waals surface area (Å²) >= 11 is 5.58. The van der Waals surface area contributed by atoms with Gasteiger partial charge in [-0.2, -0.15) is 0 Å². The number of rotatable bonds is 4. The predicted octanol–water partition coefficient (Wildman–Crippen LogP) is 4.02. The van der Waals surface area contributed by atoms with Crippen molar-refractivity contribution in [2.45, 2.75) is 19.8 Å². The van der Waals surface area contributed by atoms with E-state index in [9.17, 15) is 9.18 Å². The molecule has 1 aromatic carbocycles. The average Bonchev–Trinajstić information content (AvgIpc) is 2.18. The topological polar surface area (TPSA) is 17.1 Å². The van der Waals surface area contributed by atoms with Gasteiger partial charge in [0.1, 0.15) is 5.82 Å². The molecule has 0 radical (unpaired) electrons. The molecule has 0 aliphatic heterocycles. The molecule has 0 atom stereocenters. The van der Waals surface area contributed by atoms with Crippen LogP contribution in [-0.4, -0.2) is 5.78 Å². The van der Waals surface area contributed by atoms with Crippen molar-refractivity contribution in [3.8, 4) is 0 Å².